The highest BCUT2D eigenvalue weighted by atomic mass is 16.5. The molecule has 1 amide bonds. The molecule has 2 aromatic rings. The summed E-state index contributed by atoms with van der Waals surface area (Å²) >= 11 is 0. The second-order valence-electron chi connectivity index (χ2n) is 8.26. The number of phenols is 1. The summed E-state index contributed by atoms with van der Waals surface area (Å²) < 4.78 is 6.05. The van der Waals surface area contributed by atoms with Crippen molar-refractivity contribution in [2.45, 2.75) is 41.5 Å². The third-order valence-electron chi connectivity index (χ3n) is 4.36. The Bertz CT molecular complexity index is 811. The molecular weight excluding hydrogens is 352 g/mol. The number of aryl methyl sites for hydroxylation is 2. The van der Waals surface area contributed by atoms with Gasteiger partial charge in [0.1, 0.15) is 17.2 Å². The number of benzene rings is 2. The van der Waals surface area contributed by atoms with Crippen molar-refractivity contribution in [3.63, 3.8) is 0 Å². The van der Waals surface area contributed by atoms with Crippen LogP contribution >= 0.6 is 0 Å². The quantitative estimate of drug-likeness (QED) is 0.648. The van der Waals surface area contributed by atoms with Crippen molar-refractivity contribution in [2.24, 2.45) is 11.8 Å². The number of nitrogen functional groups attached to an aromatic ring is 1. The van der Waals surface area contributed by atoms with Gasteiger partial charge in [-0.05, 0) is 67.1 Å². The lowest BCUT2D eigenvalue weighted by Gasteiger charge is -2.27. The monoisotopic (exact) mass is 384 g/mol. The van der Waals surface area contributed by atoms with E-state index < -0.39 is 0 Å². The van der Waals surface area contributed by atoms with E-state index in [0.29, 0.717) is 42.1 Å². The summed E-state index contributed by atoms with van der Waals surface area (Å²) in [6.45, 7) is 13.4. The van der Waals surface area contributed by atoms with Gasteiger partial charge in [0.2, 0.25) is 0 Å². The first-order chi connectivity index (χ1) is 13.1. The molecule has 0 aliphatic carbocycles. The summed E-state index contributed by atoms with van der Waals surface area (Å²) in [6, 6.07) is 8.48. The molecule has 28 heavy (non-hydrogen) atoms. The Hall–Kier alpha value is -2.69. The zero-order chi connectivity index (χ0) is 21.0. The molecule has 0 bridgehead atoms. The number of rotatable bonds is 7. The van der Waals surface area contributed by atoms with Crippen LogP contribution in [-0.4, -0.2) is 29.0 Å². The minimum Gasteiger partial charge on any atom is -0.507 e. The van der Waals surface area contributed by atoms with Crippen LogP contribution in [0.2, 0.25) is 0 Å². The highest BCUT2D eigenvalue weighted by Crippen LogP contribution is 2.33. The molecule has 0 heterocycles. The smallest absolute Gasteiger partial charge is 0.257 e. The second kappa shape index (κ2) is 9.00. The number of nitrogens with two attached hydrogens (primary N) is 1. The van der Waals surface area contributed by atoms with E-state index in [2.05, 4.69) is 27.7 Å². The van der Waals surface area contributed by atoms with Gasteiger partial charge in [0.05, 0.1) is 5.56 Å². The van der Waals surface area contributed by atoms with Gasteiger partial charge in [0, 0.05) is 18.8 Å². The van der Waals surface area contributed by atoms with Crippen LogP contribution in [0, 0.1) is 25.7 Å². The summed E-state index contributed by atoms with van der Waals surface area (Å²) in [6.07, 6.45) is 0. The van der Waals surface area contributed by atoms with Gasteiger partial charge in [-0.3, -0.25) is 4.79 Å². The lowest BCUT2D eigenvalue weighted by atomic mass is 10.1. The molecular formula is C23H32N2O3. The van der Waals surface area contributed by atoms with Crippen molar-refractivity contribution in [1.29, 1.82) is 0 Å². The number of hydrogen-bond acceptors (Lipinski definition) is 4. The maximum atomic E-state index is 13.1. The van der Waals surface area contributed by atoms with Crippen LogP contribution in [0.15, 0.2) is 30.3 Å². The SMILES string of the molecule is Cc1cc(N)cc(C)c1Oc1ccc(O)c(C(=O)N(CC(C)C)CC(C)C)c1. The fourth-order valence-electron chi connectivity index (χ4n) is 3.30. The van der Waals surface area contributed by atoms with Crippen molar-refractivity contribution < 1.29 is 14.6 Å². The number of amides is 1. The number of phenolic OH excluding ortho intramolecular Hbond substituents is 1. The Morgan fingerprint density at radius 2 is 1.57 bits per heavy atom. The summed E-state index contributed by atoms with van der Waals surface area (Å²) in [5.74, 6) is 1.66. The standard InChI is InChI=1S/C23H32N2O3/c1-14(2)12-25(13-15(3)4)23(27)20-11-19(7-8-21(20)26)28-22-16(5)9-18(24)10-17(22)6/h7-11,14-15,26H,12-13,24H2,1-6H3. The molecule has 0 saturated carbocycles. The topological polar surface area (TPSA) is 75.8 Å². The number of ether oxygens (including phenoxy) is 1. The Morgan fingerprint density at radius 3 is 2.07 bits per heavy atom. The van der Waals surface area contributed by atoms with Crippen molar-refractivity contribution in [3.8, 4) is 17.2 Å². The lowest BCUT2D eigenvalue weighted by Crippen LogP contribution is -2.37. The van der Waals surface area contributed by atoms with Crippen LogP contribution in [0.3, 0.4) is 0 Å². The minimum atomic E-state index is -0.184. The summed E-state index contributed by atoms with van der Waals surface area (Å²) in [5.41, 5.74) is 8.65. The highest BCUT2D eigenvalue weighted by molar-refractivity contribution is 5.97. The molecule has 0 saturated heterocycles. The summed E-state index contributed by atoms with van der Waals surface area (Å²) in [5, 5.41) is 10.3. The maximum Gasteiger partial charge on any atom is 0.257 e. The zero-order valence-corrected chi connectivity index (χ0v) is 17.7. The van der Waals surface area contributed by atoms with Gasteiger partial charge in [-0.25, -0.2) is 0 Å². The average Bonchev–Trinajstić information content (AvgIpc) is 2.57. The van der Waals surface area contributed by atoms with Gasteiger partial charge in [-0.15, -0.1) is 0 Å². The van der Waals surface area contributed by atoms with Gasteiger partial charge < -0.3 is 20.5 Å². The van der Waals surface area contributed by atoms with E-state index >= 15 is 0 Å². The Balaban J connectivity index is 2.35. The van der Waals surface area contributed by atoms with Crippen molar-refractivity contribution in [1.82, 2.24) is 4.90 Å². The summed E-state index contributed by atoms with van der Waals surface area (Å²) in [7, 11) is 0. The number of aromatic hydroxyl groups is 1. The van der Waals surface area contributed by atoms with Crippen LogP contribution in [0.4, 0.5) is 5.69 Å². The van der Waals surface area contributed by atoms with Crippen molar-refractivity contribution in [2.75, 3.05) is 18.8 Å². The number of anilines is 1. The van der Waals surface area contributed by atoms with Gasteiger partial charge >= 0.3 is 0 Å². The number of carbonyl (C=O) groups excluding carboxylic acids is 1. The van der Waals surface area contributed by atoms with Crippen LogP contribution in [0.5, 0.6) is 17.2 Å². The van der Waals surface area contributed by atoms with Gasteiger partial charge in [0.25, 0.3) is 5.91 Å². The molecule has 2 aromatic carbocycles. The largest absolute Gasteiger partial charge is 0.507 e. The zero-order valence-electron chi connectivity index (χ0n) is 17.7. The Labute approximate surface area is 168 Å². The maximum absolute atomic E-state index is 13.1. The molecule has 0 fully saturated rings. The van der Waals surface area contributed by atoms with Crippen molar-refractivity contribution in [3.05, 3.63) is 47.0 Å². The number of hydrogen-bond donors (Lipinski definition) is 2. The fourth-order valence-corrected chi connectivity index (χ4v) is 3.30. The molecule has 2 rings (SSSR count). The fraction of sp³-hybridized carbons (Fsp3) is 0.435. The summed E-state index contributed by atoms with van der Waals surface area (Å²) in [4.78, 5) is 14.9. The highest BCUT2D eigenvalue weighted by Gasteiger charge is 2.22. The lowest BCUT2D eigenvalue weighted by molar-refractivity contribution is 0.0711. The molecule has 0 radical (unpaired) electrons. The van der Waals surface area contributed by atoms with E-state index in [-0.39, 0.29) is 17.2 Å². The van der Waals surface area contributed by atoms with E-state index in [1.807, 2.05) is 26.0 Å². The third kappa shape index (κ3) is 5.41. The van der Waals surface area contributed by atoms with E-state index in [1.54, 1.807) is 17.0 Å². The Kier molecular flexibility index (Phi) is 6.95. The van der Waals surface area contributed by atoms with Gasteiger partial charge in [0.15, 0.2) is 0 Å². The number of carbonyl (C=O) groups is 1. The molecule has 0 aromatic heterocycles. The average molecular weight is 385 g/mol. The normalized spacial score (nSPS) is 11.1. The van der Waals surface area contributed by atoms with E-state index in [1.165, 1.54) is 6.07 Å². The molecule has 152 valence electrons. The predicted octanol–water partition coefficient (Wildman–Crippen LogP) is 5.14. The molecule has 0 aliphatic rings. The van der Waals surface area contributed by atoms with E-state index in [4.69, 9.17) is 10.5 Å². The first-order valence-electron chi connectivity index (χ1n) is 9.75. The van der Waals surface area contributed by atoms with E-state index in [0.717, 1.165) is 11.1 Å². The molecule has 0 aliphatic heterocycles. The first kappa shape index (κ1) is 21.6. The molecule has 0 unspecified atom stereocenters. The molecule has 0 atom stereocenters. The van der Waals surface area contributed by atoms with Crippen LogP contribution in [0.25, 0.3) is 0 Å². The van der Waals surface area contributed by atoms with Gasteiger partial charge in [-0.2, -0.15) is 0 Å². The second-order valence-corrected chi connectivity index (χ2v) is 8.26. The number of nitrogens with zero attached hydrogens (tertiary/aromatic N) is 1. The molecule has 0 spiro atoms. The van der Waals surface area contributed by atoms with Crippen LogP contribution in [-0.2, 0) is 0 Å². The van der Waals surface area contributed by atoms with Crippen LogP contribution in [0.1, 0.15) is 49.2 Å². The predicted molar refractivity (Wildman–Crippen MR) is 114 cm³/mol. The van der Waals surface area contributed by atoms with E-state index in [9.17, 15) is 9.90 Å². The first-order valence-corrected chi connectivity index (χ1v) is 9.75. The molecule has 3 N–H and O–H groups in total. The third-order valence-corrected chi connectivity index (χ3v) is 4.36. The minimum absolute atomic E-state index is 0.0411. The van der Waals surface area contributed by atoms with Gasteiger partial charge in [-0.1, -0.05) is 27.7 Å². The van der Waals surface area contributed by atoms with Crippen molar-refractivity contribution >= 4 is 11.6 Å². The Morgan fingerprint density at radius 1 is 1.04 bits per heavy atom. The molecule has 5 nitrogen and oxygen atoms in total. The van der Waals surface area contributed by atoms with Crippen LogP contribution < -0.4 is 10.5 Å². The molecule has 5 heteroatoms.